The smallest absolute Gasteiger partial charge is 0.228 e. The second-order valence-corrected chi connectivity index (χ2v) is 7.03. The summed E-state index contributed by atoms with van der Waals surface area (Å²) in [6.45, 7) is 5.56. The molecule has 2 aliphatic heterocycles. The highest BCUT2D eigenvalue weighted by molar-refractivity contribution is 5.82. The van der Waals surface area contributed by atoms with Crippen LogP contribution >= 0.6 is 0 Å². The van der Waals surface area contributed by atoms with E-state index in [1.54, 1.807) is 20.5 Å². The fourth-order valence-electron chi connectivity index (χ4n) is 4.16. The van der Waals surface area contributed by atoms with Crippen molar-refractivity contribution in [3.63, 3.8) is 0 Å². The van der Waals surface area contributed by atoms with E-state index in [1.807, 2.05) is 17.2 Å². The predicted octanol–water partition coefficient (Wildman–Crippen LogP) is 1.61. The van der Waals surface area contributed by atoms with Gasteiger partial charge in [0.05, 0.1) is 31.7 Å². The van der Waals surface area contributed by atoms with Gasteiger partial charge in [0.2, 0.25) is 5.91 Å². The first-order chi connectivity index (χ1) is 11.7. The van der Waals surface area contributed by atoms with Crippen LogP contribution in [-0.4, -0.2) is 69.3 Å². The molecule has 0 N–H and O–H groups in total. The monoisotopic (exact) mass is 336 g/mol. The molecule has 0 bridgehead atoms. The fourth-order valence-corrected chi connectivity index (χ4v) is 4.16. The number of hydrogen-bond acceptors (Lipinski definition) is 5. The Morgan fingerprint density at radius 2 is 2.08 bits per heavy atom. The lowest BCUT2D eigenvalue weighted by molar-refractivity contribution is -0.134. The van der Waals surface area contributed by atoms with E-state index < -0.39 is 0 Å². The van der Waals surface area contributed by atoms with Crippen molar-refractivity contribution >= 4 is 5.91 Å². The van der Waals surface area contributed by atoms with Crippen LogP contribution in [0.1, 0.15) is 18.4 Å². The average Bonchev–Trinajstić information content (AvgIpc) is 3.18. The molecule has 0 aliphatic carbocycles. The SMILES string of the molecule is COCCN1CC2(CCN(Cc3ccoc3)CC2)[C@H](COC)C1=O. The molecule has 3 rings (SSSR count). The average molecular weight is 336 g/mol. The van der Waals surface area contributed by atoms with E-state index in [-0.39, 0.29) is 17.2 Å². The van der Waals surface area contributed by atoms with Gasteiger partial charge < -0.3 is 18.8 Å². The molecule has 2 saturated heterocycles. The Bertz CT molecular complexity index is 523. The van der Waals surface area contributed by atoms with E-state index in [4.69, 9.17) is 13.9 Å². The molecule has 24 heavy (non-hydrogen) atoms. The van der Waals surface area contributed by atoms with Crippen LogP contribution in [0.15, 0.2) is 23.0 Å². The molecule has 2 fully saturated rings. The quantitative estimate of drug-likeness (QED) is 0.757. The van der Waals surface area contributed by atoms with Crippen molar-refractivity contribution in [3.8, 4) is 0 Å². The summed E-state index contributed by atoms with van der Waals surface area (Å²) in [4.78, 5) is 17.2. The first-order valence-corrected chi connectivity index (χ1v) is 8.68. The number of carbonyl (C=O) groups is 1. The number of likely N-dealkylation sites (tertiary alicyclic amines) is 2. The number of ether oxygens (including phenoxy) is 2. The molecule has 1 aromatic rings. The molecule has 2 aliphatic rings. The molecule has 1 amide bonds. The third-order valence-electron chi connectivity index (χ3n) is 5.59. The molecule has 0 radical (unpaired) electrons. The third-order valence-corrected chi connectivity index (χ3v) is 5.59. The maximum absolute atomic E-state index is 12.8. The van der Waals surface area contributed by atoms with E-state index in [1.165, 1.54) is 5.56 Å². The Hall–Kier alpha value is -1.37. The third kappa shape index (κ3) is 3.50. The standard InChI is InChI=1S/C18H28N2O4/c1-22-10-8-20-14-18(16(13-23-2)17(20)21)4-6-19(7-5-18)11-15-3-9-24-12-15/h3,9,12,16H,4-8,10-11,13-14H2,1-2H3/t16-/m1/s1. The van der Waals surface area contributed by atoms with Crippen molar-refractivity contribution in [2.24, 2.45) is 11.3 Å². The van der Waals surface area contributed by atoms with Crippen LogP contribution in [0.5, 0.6) is 0 Å². The first kappa shape index (κ1) is 17.5. The molecule has 0 unspecified atom stereocenters. The minimum Gasteiger partial charge on any atom is -0.472 e. The largest absolute Gasteiger partial charge is 0.472 e. The molecule has 134 valence electrons. The van der Waals surface area contributed by atoms with Gasteiger partial charge >= 0.3 is 0 Å². The Labute approximate surface area is 143 Å². The summed E-state index contributed by atoms with van der Waals surface area (Å²) in [6, 6.07) is 2.02. The van der Waals surface area contributed by atoms with E-state index in [9.17, 15) is 4.79 Å². The molecule has 1 aromatic heterocycles. The normalized spacial score (nSPS) is 24.2. The van der Waals surface area contributed by atoms with Gasteiger partial charge in [-0.2, -0.15) is 0 Å². The van der Waals surface area contributed by atoms with Crippen LogP contribution in [0.25, 0.3) is 0 Å². The highest BCUT2D eigenvalue weighted by atomic mass is 16.5. The van der Waals surface area contributed by atoms with Gasteiger partial charge in [0.25, 0.3) is 0 Å². The summed E-state index contributed by atoms with van der Waals surface area (Å²) < 4.78 is 15.7. The fraction of sp³-hybridized carbons (Fsp3) is 0.722. The molecule has 6 heteroatoms. The maximum atomic E-state index is 12.8. The van der Waals surface area contributed by atoms with Gasteiger partial charge in [0, 0.05) is 44.8 Å². The minimum absolute atomic E-state index is 0.0181. The molecular formula is C18H28N2O4. The summed E-state index contributed by atoms with van der Waals surface area (Å²) in [5, 5.41) is 0. The van der Waals surface area contributed by atoms with Crippen LogP contribution < -0.4 is 0 Å². The van der Waals surface area contributed by atoms with E-state index >= 15 is 0 Å². The Kier molecular flexibility index (Phi) is 5.58. The Morgan fingerprint density at radius 1 is 1.29 bits per heavy atom. The highest BCUT2D eigenvalue weighted by Crippen LogP contribution is 2.45. The predicted molar refractivity (Wildman–Crippen MR) is 89.5 cm³/mol. The van der Waals surface area contributed by atoms with Crippen LogP contribution in [-0.2, 0) is 20.8 Å². The molecule has 1 atom stereocenters. The summed E-state index contributed by atoms with van der Waals surface area (Å²) in [7, 11) is 3.37. The number of rotatable bonds is 7. The van der Waals surface area contributed by atoms with Crippen molar-refractivity contribution in [3.05, 3.63) is 24.2 Å². The van der Waals surface area contributed by atoms with Gasteiger partial charge in [0.1, 0.15) is 0 Å². The summed E-state index contributed by atoms with van der Waals surface area (Å²) in [5.41, 5.74) is 1.26. The maximum Gasteiger partial charge on any atom is 0.228 e. The second-order valence-electron chi connectivity index (χ2n) is 7.03. The van der Waals surface area contributed by atoms with Gasteiger partial charge in [0.15, 0.2) is 0 Å². The van der Waals surface area contributed by atoms with Gasteiger partial charge in [-0.05, 0) is 32.0 Å². The summed E-state index contributed by atoms with van der Waals surface area (Å²) >= 11 is 0. The number of amides is 1. The molecule has 3 heterocycles. The van der Waals surface area contributed by atoms with Crippen LogP contribution in [0, 0.1) is 11.3 Å². The highest BCUT2D eigenvalue weighted by Gasteiger charge is 2.52. The van der Waals surface area contributed by atoms with Gasteiger partial charge in [-0.3, -0.25) is 9.69 Å². The second kappa shape index (κ2) is 7.68. The molecule has 6 nitrogen and oxygen atoms in total. The molecule has 1 spiro atoms. The lowest BCUT2D eigenvalue weighted by atomic mass is 9.71. The molecule has 0 saturated carbocycles. The minimum atomic E-state index is -0.0181. The number of piperidine rings is 1. The van der Waals surface area contributed by atoms with Crippen LogP contribution in [0.3, 0.4) is 0 Å². The lowest BCUT2D eigenvalue weighted by Gasteiger charge is -2.41. The Morgan fingerprint density at radius 3 is 2.71 bits per heavy atom. The summed E-state index contributed by atoms with van der Waals surface area (Å²) in [5.74, 6) is 0.215. The van der Waals surface area contributed by atoms with Crippen molar-refractivity contribution in [1.29, 1.82) is 0 Å². The van der Waals surface area contributed by atoms with Crippen molar-refractivity contribution < 1.29 is 18.7 Å². The van der Waals surface area contributed by atoms with Crippen molar-refractivity contribution in [2.75, 3.05) is 53.6 Å². The van der Waals surface area contributed by atoms with Crippen molar-refractivity contribution in [2.45, 2.75) is 19.4 Å². The summed E-state index contributed by atoms with van der Waals surface area (Å²) in [6.07, 6.45) is 5.60. The zero-order valence-corrected chi connectivity index (χ0v) is 14.7. The Balaban J connectivity index is 1.64. The number of furan rings is 1. The van der Waals surface area contributed by atoms with Crippen molar-refractivity contribution in [1.82, 2.24) is 9.80 Å². The van der Waals surface area contributed by atoms with E-state index in [2.05, 4.69) is 4.90 Å². The van der Waals surface area contributed by atoms with Crippen LogP contribution in [0.4, 0.5) is 0 Å². The number of methoxy groups -OCH3 is 2. The topological polar surface area (TPSA) is 55.1 Å². The van der Waals surface area contributed by atoms with E-state index in [0.717, 1.165) is 39.0 Å². The first-order valence-electron chi connectivity index (χ1n) is 8.68. The van der Waals surface area contributed by atoms with E-state index in [0.29, 0.717) is 19.8 Å². The molecular weight excluding hydrogens is 308 g/mol. The number of nitrogens with zero attached hydrogens (tertiary/aromatic N) is 2. The number of hydrogen-bond donors (Lipinski definition) is 0. The van der Waals surface area contributed by atoms with Crippen LogP contribution in [0.2, 0.25) is 0 Å². The van der Waals surface area contributed by atoms with Gasteiger partial charge in [-0.1, -0.05) is 0 Å². The lowest BCUT2D eigenvalue weighted by Crippen LogP contribution is -2.45. The zero-order chi connectivity index (χ0) is 17.0. The zero-order valence-electron chi connectivity index (χ0n) is 14.7. The number of carbonyl (C=O) groups excluding carboxylic acids is 1. The van der Waals surface area contributed by atoms with Gasteiger partial charge in [-0.25, -0.2) is 0 Å². The molecule has 0 aromatic carbocycles. The van der Waals surface area contributed by atoms with Gasteiger partial charge in [-0.15, -0.1) is 0 Å².